The maximum absolute atomic E-state index is 5.55. The highest BCUT2D eigenvalue weighted by Crippen LogP contribution is 2.37. The Morgan fingerprint density at radius 1 is 0.739 bits per heavy atom. The van der Waals surface area contributed by atoms with Crippen LogP contribution in [0.4, 0.5) is 11.4 Å². The number of benzene rings is 3. The van der Waals surface area contributed by atoms with Gasteiger partial charge in [-0.15, -0.1) is 0 Å². The van der Waals surface area contributed by atoms with Gasteiger partial charge in [0.05, 0.1) is 5.69 Å². The van der Waals surface area contributed by atoms with Crippen molar-refractivity contribution < 1.29 is 4.74 Å². The van der Waals surface area contributed by atoms with Gasteiger partial charge < -0.3 is 9.64 Å². The molecule has 0 N–H and O–H groups in total. The van der Waals surface area contributed by atoms with Gasteiger partial charge in [-0.05, 0) is 47.5 Å². The number of anilines is 2. The van der Waals surface area contributed by atoms with Gasteiger partial charge in [-0.2, -0.15) is 0 Å². The minimum atomic E-state index is 0.868. The van der Waals surface area contributed by atoms with Crippen molar-refractivity contribution in [1.82, 2.24) is 0 Å². The molecule has 0 amide bonds. The molecule has 0 unspecified atom stereocenters. The summed E-state index contributed by atoms with van der Waals surface area (Å²) >= 11 is 3.47. The van der Waals surface area contributed by atoms with Gasteiger partial charge in [0, 0.05) is 16.4 Å². The Hall–Kier alpha value is -2.52. The molecule has 1 aliphatic rings. The predicted molar refractivity (Wildman–Crippen MR) is 97.9 cm³/mol. The molecule has 0 radical (unpaired) electrons. The molecule has 0 fully saturated rings. The highest BCUT2D eigenvalue weighted by Gasteiger charge is 2.15. The lowest BCUT2D eigenvalue weighted by molar-refractivity contribution is 0.473. The molecular formula is C20H14BrNO. The van der Waals surface area contributed by atoms with Gasteiger partial charge in [0.25, 0.3) is 0 Å². The number of para-hydroxylation sites is 2. The second-order valence-electron chi connectivity index (χ2n) is 5.29. The average molecular weight is 364 g/mol. The second kappa shape index (κ2) is 5.94. The third-order valence-electron chi connectivity index (χ3n) is 3.85. The molecule has 0 spiro atoms. The van der Waals surface area contributed by atoms with E-state index in [1.54, 1.807) is 6.26 Å². The van der Waals surface area contributed by atoms with E-state index in [0.29, 0.717) is 0 Å². The fourth-order valence-corrected chi connectivity index (χ4v) is 2.95. The third kappa shape index (κ3) is 2.76. The van der Waals surface area contributed by atoms with Crippen molar-refractivity contribution in [2.24, 2.45) is 0 Å². The van der Waals surface area contributed by atoms with Crippen molar-refractivity contribution in [3.63, 3.8) is 0 Å². The zero-order valence-corrected chi connectivity index (χ0v) is 13.9. The van der Waals surface area contributed by atoms with E-state index in [0.717, 1.165) is 21.6 Å². The van der Waals surface area contributed by atoms with E-state index in [1.165, 1.54) is 11.1 Å². The van der Waals surface area contributed by atoms with E-state index >= 15 is 0 Å². The predicted octanol–water partition coefficient (Wildman–Crippen LogP) is 6.12. The summed E-state index contributed by atoms with van der Waals surface area (Å²) in [7, 11) is 0. The molecule has 2 nitrogen and oxygen atoms in total. The summed E-state index contributed by atoms with van der Waals surface area (Å²) in [5.74, 6) is 0.868. The number of nitrogens with zero attached hydrogens (tertiary/aromatic N) is 1. The molecule has 112 valence electrons. The van der Waals surface area contributed by atoms with Crippen LogP contribution in [-0.4, -0.2) is 0 Å². The Bertz CT molecular complexity index is 854. The Labute approximate surface area is 143 Å². The van der Waals surface area contributed by atoms with E-state index in [1.807, 2.05) is 24.4 Å². The molecule has 0 aromatic heterocycles. The lowest BCUT2D eigenvalue weighted by atomic mass is 10.1. The van der Waals surface area contributed by atoms with Crippen molar-refractivity contribution in [3.05, 3.63) is 89.7 Å². The maximum atomic E-state index is 5.55. The van der Waals surface area contributed by atoms with E-state index in [9.17, 15) is 0 Å². The first-order valence-electron chi connectivity index (χ1n) is 7.39. The van der Waals surface area contributed by atoms with Gasteiger partial charge in [-0.25, -0.2) is 0 Å². The van der Waals surface area contributed by atoms with Gasteiger partial charge in [-0.3, -0.25) is 0 Å². The number of halogens is 1. The molecule has 23 heavy (non-hydrogen) atoms. The molecule has 0 saturated carbocycles. The number of fused-ring (bicyclic) bond motifs is 1. The van der Waals surface area contributed by atoms with Crippen LogP contribution >= 0.6 is 15.9 Å². The highest BCUT2D eigenvalue weighted by atomic mass is 79.9. The minimum absolute atomic E-state index is 0.868. The average Bonchev–Trinajstić information content (AvgIpc) is 2.62. The summed E-state index contributed by atoms with van der Waals surface area (Å²) in [5.41, 5.74) is 4.56. The van der Waals surface area contributed by atoms with E-state index < -0.39 is 0 Å². The van der Waals surface area contributed by atoms with Crippen molar-refractivity contribution in [1.29, 1.82) is 0 Å². The Morgan fingerprint density at radius 2 is 1.39 bits per heavy atom. The molecule has 0 atom stereocenters. The lowest BCUT2D eigenvalue weighted by Crippen LogP contribution is -2.13. The second-order valence-corrected chi connectivity index (χ2v) is 6.21. The number of hydrogen-bond acceptors (Lipinski definition) is 2. The van der Waals surface area contributed by atoms with Crippen LogP contribution in [0.3, 0.4) is 0 Å². The Kier molecular flexibility index (Phi) is 3.64. The molecule has 3 aromatic carbocycles. The van der Waals surface area contributed by atoms with Crippen LogP contribution in [0.1, 0.15) is 0 Å². The topological polar surface area (TPSA) is 12.5 Å². The van der Waals surface area contributed by atoms with Crippen LogP contribution in [0.25, 0.3) is 11.1 Å². The van der Waals surface area contributed by atoms with E-state index in [-0.39, 0.29) is 0 Å². The maximum Gasteiger partial charge on any atom is 0.150 e. The van der Waals surface area contributed by atoms with Crippen LogP contribution in [0.5, 0.6) is 5.75 Å². The zero-order chi connectivity index (χ0) is 15.6. The monoisotopic (exact) mass is 363 g/mol. The van der Waals surface area contributed by atoms with Gasteiger partial charge in [-0.1, -0.05) is 52.3 Å². The fraction of sp³-hybridized carbons (Fsp3) is 0. The molecule has 3 heteroatoms. The molecule has 0 bridgehead atoms. The fourth-order valence-electron chi connectivity index (χ4n) is 2.68. The quantitative estimate of drug-likeness (QED) is 0.543. The van der Waals surface area contributed by atoms with Crippen molar-refractivity contribution >= 4 is 27.3 Å². The van der Waals surface area contributed by atoms with Crippen LogP contribution in [-0.2, 0) is 0 Å². The van der Waals surface area contributed by atoms with Gasteiger partial charge in [0.15, 0.2) is 5.75 Å². The molecule has 4 rings (SSSR count). The highest BCUT2D eigenvalue weighted by molar-refractivity contribution is 9.10. The first kappa shape index (κ1) is 14.1. The van der Waals surface area contributed by atoms with Gasteiger partial charge >= 0.3 is 0 Å². The van der Waals surface area contributed by atoms with Crippen LogP contribution in [0.2, 0.25) is 0 Å². The van der Waals surface area contributed by atoms with Crippen LogP contribution in [0.15, 0.2) is 89.7 Å². The van der Waals surface area contributed by atoms with Gasteiger partial charge in [0.1, 0.15) is 6.26 Å². The number of ether oxygens (including phenoxy) is 1. The lowest BCUT2D eigenvalue weighted by Gasteiger charge is -2.26. The summed E-state index contributed by atoms with van der Waals surface area (Å²) in [6, 6.07) is 24.9. The van der Waals surface area contributed by atoms with Gasteiger partial charge in [0.2, 0.25) is 0 Å². The van der Waals surface area contributed by atoms with E-state index in [2.05, 4.69) is 75.4 Å². The first-order valence-corrected chi connectivity index (χ1v) is 8.18. The van der Waals surface area contributed by atoms with Crippen molar-refractivity contribution in [2.75, 3.05) is 4.90 Å². The smallest absolute Gasteiger partial charge is 0.150 e. The summed E-state index contributed by atoms with van der Waals surface area (Å²) in [5, 5.41) is 0. The first-order chi connectivity index (χ1) is 11.3. The molecule has 1 aliphatic heterocycles. The van der Waals surface area contributed by atoms with Crippen molar-refractivity contribution in [3.8, 4) is 16.9 Å². The molecule has 1 heterocycles. The third-order valence-corrected chi connectivity index (χ3v) is 4.38. The Balaban J connectivity index is 1.67. The molecule has 0 aliphatic carbocycles. The molecular weight excluding hydrogens is 350 g/mol. The largest absolute Gasteiger partial charge is 0.461 e. The minimum Gasteiger partial charge on any atom is -0.461 e. The summed E-state index contributed by atoms with van der Waals surface area (Å²) in [6.07, 6.45) is 3.65. The summed E-state index contributed by atoms with van der Waals surface area (Å²) in [4.78, 5) is 2.13. The normalized spacial score (nSPS) is 12.7. The molecule has 3 aromatic rings. The standard InChI is InChI=1S/C20H14BrNO/c21-17-9-5-15(6-10-17)16-7-11-18(12-8-16)22-13-14-23-20-4-2-1-3-19(20)22/h1-14H. The van der Waals surface area contributed by atoms with Crippen molar-refractivity contribution in [2.45, 2.75) is 0 Å². The number of hydrogen-bond donors (Lipinski definition) is 0. The summed E-state index contributed by atoms with van der Waals surface area (Å²) < 4.78 is 6.64. The van der Waals surface area contributed by atoms with E-state index in [4.69, 9.17) is 4.74 Å². The zero-order valence-electron chi connectivity index (χ0n) is 12.3. The Morgan fingerprint density at radius 3 is 2.13 bits per heavy atom. The SMILES string of the molecule is Brc1ccc(-c2ccc(N3C=COc4ccccc43)cc2)cc1. The van der Waals surface area contributed by atoms with Crippen LogP contribution < -0.4 is 9.64 Å². The number of rotatable bonds is 2. The van der Waals surface area contributed by atoms with Crippen LogP contribution in [0, 0.1) is 0 Å². The summed E-state index contributed by atoms with van der Waals surface area (Å²) in [6.45, 7) is 0. The molecule has 0 saturated heterocycles.